The minimum atomic E-state index is -0.215. The molecule has 1 aromatic carbocycles. The van der Waals surface area contributed by atoms with Crippen LogP contribution in [0.4, 0.5) is 10.1 Å². The fraction of sp³-hybridized carbons (Fsp3) is 0.724. The number of amides is 1. The molecule has 0 spiro atoms. The van der Waals surface area contributed by atoms with Crippen molar-refractivity contribution in [3.05, 3.63) is 30.1 Å². The van der Waals surface area contributed by atoms with E-state index in [-0.39, 0.29) is 48.5 Å². The van der Waals surface area contributed by atoms with Crippen molar-refractivity contribution in [3.63, 3.8) is 0 Å². The van der Waals surface area contributed by atoms with E-state index in [1.165, 1.54) is 50.9 Å². The third-order valence-corrected chi connectivity index (χ3v) is 9.10. The SMILES string of the molecule is CCOC(=O)CCCC1C2CCCN3CCCC(CN1C(=O)CN1CCN(c4ccc(F)cc4)CC1)C23.Cl.Cl. The molecule has 39 heavy (non-hydrogen) atoms. The number of hydrogen-bond donors (Lipinski definition) is 0. The van der Waals surface area contributed by atoms with Crippen LogP contribution in [-0.2, 0) is 14.3 Å². The summed E-state index contributed by atoms with van der Waals surface area (Å²) < 4.78 is 18.5. The summed E-state index contributed by atoms with van der Waals surface area (Å²) >= 11 is 0. The molecule has 7 nitrogen and oxygen atoms in total. The Balaban J connectivity index is 0.00000210. The molecule has 0 radical (unpaired) electrons. The van der Waals surface area contributed by atoms with Crippen LogP contribution in [0.5, 0.6) is 0 Å². The Bertz CT molecular complexity index is 930. The highest BCUT2D eigenvalue weighted by molar-refractivity contribution is 5.85. The molecule has 1 amide bonds. The van der Waals surface area contributed by atoms with Crippen LogP contribution in [0, 0.1) is 17.7 Å². The van der Waals surface area contributed by atoms with E-state index < -0.39 is 0 Å². The van der Waals surface area contributed by atoms with Gasteiger partial charge in [0.25, 0.3) is 0 Å². The first-order valence-electron chi connectivity index (χ1n) is 14.5. The minimum absolute atomic E-state index is 0. The lowest BCUT2D eigenvalue weighted by molar-refractivity contribution is -0.148. The minimum Gasteiger partial charge on any atom is -0.466 e. The average Bonchev–Trinajstić information content (AvgIpc) is 2.91. The number of carbonyl (C=O) groups excluding carboxylic acids is 2. The quantitative estimate of drug-likeness (QED) is 0.425. The van der Waals surface area contributed by atoms with Crippen LogP contribution in [-0.4, -0.2) is 97.6 Å². The highest BCUT2D eigenvalue weighted by atomic mass is 35.5. The Morgan fingerprint density at radius 2 is 1.67 bits per heavy atom. The molecule has 4 fully saturated rings. The predicted molar refractivity (Wildman–Crippen MR) is 156 cm³/mol. The summed E-state index contributed by atoms with van der Waals surface area (Å²) in [6.45, 7) is 9.30. The van der Waals surface area contributed by atoms with Crippen molar-refractivity contribution in [2.75, 3.05) is 63.9 Å². The molecular formula is C29H45Cl2FN4O3. The van der Waals surface area contributed by atoms with E-state index >= 15 is 0 Å². The maximum Gasteiger partial charge on any atom is 0.305 e. The van der Waals surface area contributed by atoms with E-state index in [1.54, 1.807) is 0 Å². The zero-order valence-electron chi connectivity index (χ0n) is 23.1. The number of hydrogen-bond acceptors (Lipinski definition) is 6. The molecule has 0 aliphatic carbocycles. The van der Waals surface area contributed by atoms with Crippen molar-refractivity contribution >= 4 is 42.4 Å². The normalized spacial score (nSPS) is 27.1. The van der Waals surface area contributed by atoms with Gasteiger partial charge in [-0.05, 0) is 94.6 Å². The van der Waals surface area contributed by atoms with E-state index in [2.05, 4.69) is 19.6 Å². The van der Waals surface area contributed by atoms with Crippen LogP contribution in [0.25, 0.3) is 0 Å². The topological polar surface area (TPSA) is 56.3 Å². The summed E-state index contributed by atoms with van der Waals surface area (Å²) in [6, 6.07) is 7.49. The molecule has 0 N–H and O–H groups in total. The van der Waals surface area contributed by atoms with E-state index in [0.29, 0.717) is 37.5 Å². The van der Waals surface area contributed by atoms with Crippen molar-refractivity contribution in [1.29, 1.82) is 0 Å². The molecule has 4 aliphatic rings. The van der Waals surface area contributed by atoms with Gasteiger partial charge in [0.05, 0.1) is 13.2 Å². The van der Waals surface area contributed by atoms with Gasteiger partial charge in [-0.25, -0.2) is 4.39 Å². The Morgan fingerprint density at radius 1 is 0.974 bits per heavy atom. The van der Waals surface area contributed by atoms with E-state index in [0.717, 1.165) is 51.3 Å². The molecule has 4 heterocycles. The predicted octanol–water partition coefficient (Wildman–Crippen LogP) is 4.23. The van der Waals surface area contributed by atoms with Crippen LogP contribution >= 0.6 is 24.8 Å². The highest BCUT2D eigenvalue weighted by Crippen LogP contribution is 2.43. The van der Waals surface area contributed by atoms with Gasteiger partial charge >= 0.3 is 5.97 Å². The summed E-state index contributed by atoms with van der Waals surface area (Å²) in [6.07, 6.45) is 6.92. The molecule has 4 aliphatic heterocycles. The number of benzene rings is 1. The number of ether oxygens (including phenoxy) is 1. The second kappa shape index (κ2) is 14.9. The molecule has 0 bridgehead atoms. The van der Waals surface area contributed by atoms with Crippen LogP contribution in [0.3, 0.4) is 0 Å². The Hall–Kier alpha value is -1.61. The van der Waals surface area contributed by atoms with E-state index in [4.69, 9.17) is 4.74 Å². The van der Waals surface area contributed by atoms with Gasteiger partial charge in [0.15, 0.2) is 0 Å². The number of anilines is 1. The van der Waals surface area contributed by atoms with Gasteiger partial charge in [0, 0.05) is 56.9 Å². The summed E-state index contributed by atoms with van der Waals surface area (Å²) in [5.41, 5.74) is 1.04. The van der Waals surface area contributed by atoms with Gasteiger partial charge in [0.1, 0.15) is 5.82 Å². The standard InChI is InChI=1S/C29H43FN4O3.2ClH/c1-2-37-28(36)9-3-8-26-25-7-5-15-33-14-4-6-22(29(25)33)20-34(26)27(35)21-31-16-18-32(19-17-31)24-12-10-23(30)11-13-24;;/h10-13,22,25-26,29H,2-9,14-21H2,1H3;2*1H. The molecular weight excluding hydrogens is 542 g/mol. The lowest BCUT2D eigenvalue weighted by Crippen LogP contribution is -2.66. The molecule has 1 aromatic rings. The first kappa shape index (κ1) is 31.9. The van der Waals surface area contributed by atoms with E-state index in [9.17, 15) is 14.0 Å². The van der Waals surface area contributed by atoms with Gasteiger partial charge in [-0.1, -0.05) is 0 Å². The van der Waals surface area contributed by atoms with E-state index in [1.807, 2.05) is 19.1 Å². The second-order valence-electron chi connectivity index (χ2n) is 11.3. The Labute approximate surface area is 245 Å². The Kier molecular flexibility index (Phi) is 12.2. The van der Waals surface area contributed by atoms with Gasteiger partial charge in [-0.2, -0.15) is 0 Å². The van der Waals surface area contributed by atoms with Crippen molar-refractivity contribution in [2.45, 2.75) is 64.0 Å². The average molecular weight is 588 g/mol. The number of rotatable bonds is 8. The lowest BCUT2D eigenvalue weighted by atomic mass is 9.69. The number of piperazine rings is 1. The Morgan fingerprint density at radius 3 is 2.36 bits per heavy atom. The lowest BCUT2D eigenvalue weighted by Gasteiger charge is -2.57. The number of esters is 1. The summed E-state index contributed by atoms with van der Waals surface area (Å²) in [5, 5.41) is 0. The van der Waals surface area contributed by atoms with Crippen LogP contribution < -0.4 is 4.90 Å². The van der Waals surface area contributed by atoms with Crippen molar-refractivity contribution in [2.24, 2.45) is 11.8 Å². The number of halogens is 3. The third kappa shape index (κ3) is 7.57. The smallest absolute Gasteiger partial charge is 0.305 e. The zero-order chi connectivity index (χ0) is 25.8. The maximum absolute atomic E-state index is 13.8. The fourth-order valence-electron chi connectivity index (χ4n) is 7.44. The van der Waals surface area contributed by atoms with Crippen molar-refractivity contribution < 1.29 is 18.7 Å². The zero-order valence-corrected chi connectivity index (χ0v) is 24.8. The van der Waals surface area contributed by atoms with Gasteiger partial charge in [-0.15, -0.1) is 24.8 Å². The first-order chi connectivity index (χ1) is 18.0. The van der Waals surface area contributed by atoms with Gasteiger partial charge < -0.3 is 14.5 Å². The van der Waals surface area contributed by atoms with Gasteiger partial charge in [-0.3, -0.25) is 19.4 Å². The molecule has 220 valence electrons. The van der Waals surface area contributed by atoms with Crippen molar-refractivity contribution in [1.82, 2.24) is 14.7 Å². The highest BCUT2D eigenvalue weighted by Gasteiger charge is 2.49. The van der Waals surface area contributed by atoms with Crippen LogP contribution in [0.2, 0.25) is 0 Å². The molecule has 10 heteroatoms. The number of piperidine rings is 3. The summed E-state index contributed by atoms with van der Waals surface area (Å²) in [4.78, 5) is 35.3. The monoisotopic (exact) mass is 586 g/mol. The second-order valence-corrected chi connectivity index (χ2v) is 11.3. The molecule has 0 aromatic heterocycles. The third-order valence-electron chi connectivity index (χ3n) is 9.10. The largest absolute Gasteiger partial charge is 0.466 e. The summed E-state index contributed by atoms with van der Waals surface area (Å²) in [5.74, 6) is 0.982. The number of nitrogens with zero attached hydrogens (tertiary/aromatic N) is 4. The fourth-order valence-corrected chi connectivity index (χ4v) is 7.44. The van der Waals surface area contributed by atoms with Crippen LogP contribution in [0.15, 0.2) is 24.3 Å². The van der Waals surface area contributed by atoms with Gasteiger partial charge in [0.2, 0.25) is 5.91 Å². The number of carbonyl (C=O) groups is 2. The molecule has 4 unspecified atom stereocenters. The number of likely N-dealkylation sites (tertiary alicyclic amines) is 1. The molecule has 4 saturated heterocycles. The molecule has 0 saturated carbocycles. The summed E-state index contributed by atoms with van der Waals surface area (Å²) in [7, 11) is 0. The molecule has 4 atom stereocenters. The van der Waals surface area contributed by atoms with Crippen LogP contribution in [0.1, 0.15) is 51.9 Å². The van der Waals surface area contributed by atoms with Crippen molar-refractivity contribution in [3.8, 4) is 0 Å². The molecule has 5 rings (SSSR count). The first-order valence-corrected chi connectivity index (χ1v) is 14.5. The maximum atomic E-state index is 13.8.